The minimum Gasteiger partial charge on any atom is -0.462 e. The molecule has 0 saturated carbocycles. The predicted octanol–water partition coefficient (Wildman–Crippen LogP) is 8.33. The molecule has 3 atom stereocenters. The van der Waals surface area contributed by atoms with Crippen LogP contribution >= 0.6 is 7.82 Å². The maximum atomic E-state index is 13.8. The van der Waals surface area contributed by atoms with E-state index in [0.29, 0.717) is 0 Å². The van der Waals surface area contributed by atoms with Crippen molar-refractivity contribution in [3.63, 3.8) is 0 Å². The Labute approximate surface area is 349 Å². The Morgan fingerprint density at radius 2 is 1.04 bits per heavy atom. The number of phosphoric acid groups is 1. The molecule has 1 unspecified atom stereocenters. The SMILES string of the molecule is [2H]C([2H])([2H])C([2H])([2H])C([2H])([2H])C([2H])([2H])C([2H])([2H])C([2H])([2H])C([2H])([2H])C([2H])([2H])C([2H])([2H])C([2H])([2H])C([2H])([2H])C([2H])([2H])C([2H])([2H])C(=O)OC[C@H](COP(=O)(O)OC[C@@H](O)CO)OC(=O)C([2H])([2H])C([2H])([2H])C([2H])([2H])C([2H])([2H])C([2H])([2H])C([2H])([2H])C([2H])([2H])C([2H])([2H])C([2H])([2H])C([2H])([2H])C([2H])([2H])C([2H])([2H])C([2H])([2H])[2H]. The smallest absolute Gasteiger partial charge is 0.462 e. The summed E-state index contributed by atoms with van der Waals surface area (Å²) in [5, 5.41) is 18.6. The molecule has 0 aromatic carbocycles. The molecule has 0 heterocycles. The highest BCUT2D eigenvalue weighted by molar-refractivity contribution is 7.47. The number of esters is 2. The Morgan fingerprint density at radius 1 is 0.644 bits per heavy atom. The molecule has 0 radical (unpaired) electrons. The standard InChI is InChI=1S/C34H67O10P/c1-3-5-7-9-11-13-15-17-19-21-23-25-33(37)41-29-32(30-43-45(39,40)42-28-31(36)27-35)44-34(38)26-24-22-20-18-16-14-12-10-8-6-4-2/h31-32,35-36H,3-30H2,1-2H3,(H,39,40)/t31-,32+/m0/s1/i1D3,2D3,3D2,4D2,5D2,6D2,7D2,8D2,9D2,10D2,11D2,12D2,13D2,14D2,15D2,16D2,17D2,18D2,19D2,20D2,21D2,22D2,23D2,24D2,25D2,26D2. The van der Waals surface area contributed by atoms with Gasteiger partial charge in [0.15, 0.2) is 6.10 Å². The van der Waals surface area contributed by atoms with Crippen molar-refractivity contribution in [3.05, 3.63) is 0 Å². The van der Waals surface area contributed by atoms with E-state index in [1.807, 2.05) is 0 Å². The molecule has 268 valence electrons. The summed E-state index contributed by atoms with van der Waals surface area (Å²) in [6.07, 6.45) is -130. The van der Waals surface area contributed by atoms with Gasteiger partial charge < -0.3 is 24.6 Å². The van der Waals surface area contributed by atoms with Crippen molar-refractivity contribution in [2.45, 2.75) is 179 Å². The van der Waals surface area contributed by atoms with Crippen molar-refractivity contribution in [1.82, 2.24) is 0 Å². The second kappa shape index (κ2) is 31.6. The Morgan fingerprint density at radius 3 is 1.49 bits per heavy atom. The molecule has 0 amide bonds. The van der Waals surface area contributed by atoms with Crippen molar-refractivity contribution in [2.75, 3.05) is 26.4 Å². The molecule has 0 aliphatic carbocycles. The third-order valence-corrected chi connectivity index (χ3v) is 4.27. The number of hydrogen-bond acceptors (Lipinski definition) is 9. The Balaban J connectivity index is 8.07. The van der Waals surface area contributed by atoms with E-state index in [1.165, 1.54) is 0 Å². The van der Waals surface area contributed by atoms with Gasteiger partial charge in [0.05, 0.1) is 19.8 Å². The lowest BCUT2D eigenvalue weighted by Gasteiger charge is -2.20. The minimum absolute atomic E-state index is 1.24. The summed E-state index contributed by atoms with van der Waals surface area (Å²) in [7, 11) is -5.87. The molecule has 0 aromatic heterocycles. The summed E-state index contributed by atoms with van der Waals surface area (Å²) >= 11 is 0. The van der Waals surface area contributed by atoms with Crippen LogP contribution in [-0.4, -0.2) is 65.7 Å². The normalized spacial score (nSPS) is 40.2. The van der Waals surface area contributed by atoms with Gasteiger partial charge in [0.2, 0.25) is 0 Å². The molecule has 0 bridgehead atoms. The fraction of sp³-hybridized carbons (Fsp3) is 0.941. The van der Waals surface area contributed by atoms with Crippen LogP contribution in [0.2, 0.25) is 0 Å². The molecular formula is C34H67O10P. The first-order valence-corrected chi connectivity index (χ1v) is 12.9. The largest absolute Gasteiger partial charge is 0.472 e. The molecule has 0 aliphatic heterocycles. The van der Waals surface area contributed by atoms with Crippen molar-refractivity contribution in [2.24, 2.45) is 0 Å². The zero-order chi connectivity index (χ0) is 81.5. The number of carbonyl (C=O) groups excluding carboxylic acids is 2. The van der Waals surface area contributed by atoms with E-state index in [9.17, 15) is 24.2 Å². The monoisotopic (exact) mass is 721 g/mol. The van der Waals surface area contributed by atoms with E-state index in [0.717, 1.165) is 0 Å². The van der Waals surface area contributed by atoms with E-state index >= 15 is 0 Å². The van der Waals surface area contributed by atoms with E-state index < -0.39 is 225 Å². The van der Waals surface area contributed by atoms with Gasteiger partial charge in [0, 0.05) is 86.8 Å². The number of rotatable bonds is 34. The third-order valence-electron chi connectivity index (χ3n) is 3.32. The first-order chi connectivity index (χ1) is 42.1. The van der Waals surface area contributed by atoms with Crippen molar-refractivity contribution in [1.29, 1.82) is 0 Å². The summed E-state index contributed by atoms with van der Waals surface area (Å²) in [4.78, 5) is 37.6. The van der Waals surface area contributed by atoms with Gasteiger partial charge in [-0.15, -0.1) is 0 Å². The summed E-state index contributed by atoms with van der Waals surface area (Å²) in [6, 6.07) is 0. The second-order valence-electron chi connectivity index (χ2n) is 6.52. The van der Waals surface area contributed by atoms with Crippen LogP contribution in [0.15, 0.2) is 0 Å². The molecule has 0 spiro atoms. The van der Waals surface area contributed by atoms with Gasteiger partial charge >= 0.3 is 19.8 Å². The highest BCUT2D eigenvalue weighted by atomic mass is 31.2. The first kappa shape index (κ1) is 8.63. The maximum Gasteiger partial charge on any atom is 0.472 e. The van der Waals surface area contributed by atoms with Gasteiger partial charge in [0.1, 0.15) is 12.7 Å². The van der Waals surface area contributed by atoms with Gasteiger partial charge in [-0.05, 0) is 12.7 Å². The summed E-state index contributed by atoms with van der Waals surface area (Å²) in [5.74, 6) is -6.15. The van der Waals surface area contributed by atoms with Crippen LogP contribution in [0.5, 0.6) is 0 Å². The van der Waals surface area contributed by atoms with Crippen LogP contribution in [0, 0.1) is 0 Å². The summed E-state index contributed by atoms with van der Waals surface area (Å²) < 4.78 is 469. The van der Waals surface area contributed by atoms with Crippen LogP contribution in [0.25, 0.3) is 0 Å². The molecule has 10 nitrogen and oxygen atoms in total. The zero-order valence-corrected chi connectivity index (χ0v) is 23.5. The fourth-order valence-corrected chi connectivity index (χ4v) is 2.47. The topological polar surface area (TPSA) is 149 Å². The fourth-order valence-electron chi connectivity index (χ4n) is 1.68. The second-order valence-corrected chi connectivity index (χ2v) is 7.98. The third kappa shape index (κ3) is 31.3. The number of hydrogen-bond donors (Lipinski definition) is 3. The van der Waals surface area contributed by atoms with E-state index in [1.54, 1.807) is 0 Å². The van der Waals surface area contributed by atoms with Crippen LogP contribution in [0.4, 0.5) is 0 Å². The average Bonchev–Trinajstić information content (AvgIpc) is 0.686. The number of aliphatic hydroxyl groups excluding tert-OH is 2. The molecule has 0 aliphatic rings. The van der Waals surface area contributed by atoms with Crippen LogP contribution in [0.1, 0.15) is 241 Å². The van der Waals surface area contributed by atoms with Crippen LogP contribution in [-0.2, 0) is 32.7 Å². The van der Waals surface area contributed by atoms with Gasteiger partial charge in [-0.2, -0.15) is 0 Å². The first-order valence-electron chi connectivity index (χ1n) is 38.4. The van der Waals surface area contributed by atoms with Crippen molar-refractivity contribution < 1.29 is 122 Å². The number of carbonyl (C=O) groups is 2. The molecule has 0 saturated heterocycles. The number of ether oxygens (including phenoxy) is 2. The average molecular weight is 721 g/mol. The summed E-state index contributed by atoms with van der Waals surface area (Å²) in [6.45, 7) is -15.5. The Hall–Kier alpha value is -1.03. The predicted molar refractivity (Wildman–Crippen MR) is 178 cm³/mol. The van der Waals surface area contributed by atoms with Gasteiger partial charge in [-0.3, -0.25) is 18.6 Å². The van der Waals surface area contributed by atoms with Crippen LogP contribution < -0.4 is 0 Å². The summed E-state index contributed by atoms with van der Waals surface area (Å²) in [5.41, 5.74) is 0. The van der Waals surface area contributed by atoms with E-state index in [4.69, 9.17) is 79.1 Å². The molecule has 0 fully saturated rings. The van der Waals surface area contributed by atoms with Gasteiger partial charge in [-0.25, -0.2) is 4.57 Å². The van der Waals surface area contributed by atoms with Gasteiger partial charge in [0.25, 0.3) is 0 Å². The molecule has 45 heavy (non-hydrogen) atoms. The lowest BCUT2D eigenvalue weighted by Crippen LogP contribution is -2.29. The highest BCUT2D eigenvalue weighted by Crippen LogP contribution is 2.43. The Kier molecular flexibility index (Phi) is 6.06. The molecule has 3 N–H and O–H groups in total. The lowest BCUT2D eigenvalue weighted by atomic mass is 10.1. The molecule has 0 rings (SSSR count). The quantitative estimate of drug-likeness (QED) is 0.0438. The van der Waals surface area contributed by atoms with Gasteiger partial charge in [-0.1, -0.05) is 141 Å². The molecular weight excluding hydrogens is 599 g/mol. The zero-order valence-electron chi connectivity index (χ0n) is 76.6. The van der Waals surface area contributed by atoms with E-state index in [-0.39, 0.29) is 0 Å². The van der Waals surface area contributed by atoms with E-state index in [2.05, 4.69) is 18.5 Å². The maximum absolute atomic E-state index is 13.8. The molecule has 0 aromatic rings. The molecule has 11 heteroatoms. The van der Waals surface area contributed by atoms with Crippen LogP contribution in [0.3, 0.4) is 0 Å². The lowest BCUT2D eigenvalue weighted by molar-refractivity contribution is -0.161. The Bertz CT molecular complexity index is 2920. The number of phosphoric ester groups is 1. The van der Waals surface area contributed by atoms with Crippen molar-refractivity contribution in [3.8, 4) is 0 Å². The highest BCUT2D eigenvalue weighted by Gasteiger charge is 2.27. The minimum atomic E-state index is -5.87. The number of aliphatic hydroxyl groups is 2. The van der Waals surface area contributed by atoms with Crippen molar-refractivity contribution >= 4 is 19.8 Å².